The number of carbonyl (C=O) groups is 1. The fourth-order valence-electron chi connectivity index (χ4n) is 3.09. The van der Waals surface area contributed by atoms with Crippen LogP contribution in [-0.2, 0) is 4.79 Å². The Kier molecular flexibility index (Phi) is 8.45. The molecule has 0 unspecified atom stereocenters. The number of para-hydroxylation sites is 1. The lowest BCUT2D eigenvalue weighted by Crippen LogP contribution is -2.24. The molecule has 6 nitrogen and oxygen atoms in total. The first-order valence-electron chi connectivity index (χ1n) is 10.7. The van der Waals surface area contributed by atoms with Crippen molar-refractivity contribution in [3.63, 3.8) is 0 Å². The SMILES string of the molecule is C=CCNC(=O)/C(C#N)=C\c1cn(-c2ccccc2)nc1-c1ccc(OCCCC)c(Cl)c1. The van der Waals surface area contributed by atoms with Gasteiger partial charge in [-0.05, 0) is 42.8 Å². The van der Waals surface area contributed by atoms with Gasteiger partial charge in [0.15, 0.2) is 0 Å². The Morgan fingerprint density at radius 1 is 1.30 bits per heavy atom. The summed E-state index contributed by atoms with van der Waals surface area (Å²) in [4.78, 5) is 12.4. The third-order valence-electron chi connectivity index (χ3n) is 4.80. The maximum Gasteiger partial charge on any atom is 0.262 e. The number of aromatic nitrogens is 2. The number of hydrogen-bond donors (Lipinski definition) is 1. The van der Waals surface area contributed by atoms with Crippen molar-refractivity contribution in [2.45, 2.75) is 19.8 Å². The molecule has 0 atom stereocenters. The fraction of sp³-hybridized carbons (Fsp3) is 0.192. The van der Waals surface area contributed by atoms with Crippen molar-refractivity contribution in [1.29, 1.82) is 5.26 Å². The maximum atomic E-state index is 12.4. The number of halogens is 1. The normalized spacial score (nSPS) is 11.0. The van der Waals surface area contributed by atoms with Crippen molar-refractivity contribution < 1.29 is 9.53 Å². The van der Waals surface area contributed by atoms with Crippen molar-refractivity contribution in [3.05, 3.63) is 83.5 Å². The Morgan fingerprint density at radius 2 is 2.09 bits per heavy atom. The summed E-state index contributed by atoms with van der Waals surface area (Å²) in [6.45, 7) is 6.54. The Balaban J connectivity index is 2.04. The van der Waals surface area contributed by atoms with E-state index in [1.165, 1.54) is 6.08 Å². The molecule has 0 aliphatic carbocycles. The molecule has 0 aliphatic heterocycles. The van der Waals surface area contributed by atoms with Crippen LogP contribution < -0.4 is 10.1 Å². The zero-order valence-corrected chi connectivity index (χ0v) is 19.2. The second-order valence-corrected chi connectivity index (χ2v) is 7.64. The molecule has 0 saturated carbocycles. The molecule has 0 bridgehead atoms. The van der Waals surface area contributed by atoms with E-state index in [0.717, 1.165) is 24.1 Å². The van der Waals surface area contributed by atoms with Crippen molar-refractivity contribution in [3.8, 4) is 28.8 Å². The standard InChI is InChI=1S/C26H25ClN4O2/c1-3-5-14-33-24-12-11-19(16-23(24)27)25-21(15-20(17-28)26(32)29-13-4-2)18-31(30-25)22-9-7-6-8-10-22/h4,6-12,15-16,18H,2-3,5,13-14H2,1H3,(H,29,32)/b20-15-. The molecule has 0 fully saturated rings. The Morgan fingerprint density at radius 3 is 2.76 bits per heavy atom. The zero-order valence-electron chi connectivity index (χ0n) is 18.4. The van der Waals surface area contributed by atoms with Crippen LogP contribution in [0, 0.1) is 11.3 Å². The molecule has 168 valence electrons. The summed E-state index contributed by atoms with van der Waals surface area (Å²) in [6.07, 6.45) is 6.84. The molecule has 33 heavy (non-hydrogen) atoms. The molecule has 1 N–H and O–H groups in total. The number of amides is 1. The molecule has 1 aromatic heterocycles. The molecule has 0 aliphatic rings. The van der Waals surface area contributed by atoms with E-state index in [1.54, 1.807) is 23.0 Å². The van der Waals surface area contributed by atoms with Crippen molar-refractivity contribution in [2.24, 2.45) is 0 Å². The van der Waals surface area contributed by atoms with Gasteiger partial charge >= 0.3 is 0 Å². The summed E-state index contributed by atoms with van der Waals surface area (Å²) >= 11 is 6.47. The van der Waals surface area contributed by atoms with Crippen LogP contribution in [0.3, 0.4) is 0 Å². The predicted octanol–water partition coefficient (Wildman–Crippen LogP) is 5.58. The van der Waals surface area contributed by atoms with E-state index in [-0.39, 0.29) is 12.1 Å². The molecule has 0 radical (unpaired) electrons. The number of hydrogen-bond acceptors (Lipinski definition) is 4. The lowest BCUT2D eigenvalue weighted by molar-refractivity contribution is -0.116. The van der Waals surface area contributed by atoms with Crippen LogP contribution in [0.4, 0.5) is 0 Å². The molecule has 3 aromatic rings. The topological polar surface area (TPSA) is 79.9 Å². The monoisotopic (exact) mass is 460 g/mol. The van der Waals surface area contributed by atoms with Crippen LogP contribution in [0.5, 0.6) is 5.75 Å². The minimum atomic E-state index is -0.478. The van der Waals surface area contributed by atoms with E-state index in [9.17, 15) is 10.1 Å². The number of benzene rings is 2. The second-order valence-electron chi connectivity index (χ2n) is 7.23. The number of unbranched alkanes of at least 4 members (excludes halogenated alkanes) is 1. The molecule has 7 heteroatoms. The smallest absolute Gasteiger partial charge is 0.262 e. The van der Waals surface area contributed by atoms with Crippen molar-refractivity contribution >= 4 is 23.6 Å². The number of ether oxygens (including phenoxy) is 1. The van der Waals surface area contributed by atoms with Gasteiger partial charge in [-0.15, -0.1) is 6.58 Å². The molecular weight excluding hydrogens is 436 g/mol. The third kappa shape index (κ3) is 6.12. The lowest BCUT2D eigenvalue weighted by atomic mass is 10.1. The van der Waals surface area contributed by atoms with E-state index >= 15 is 0 Å². The number of nitrogens with one attached hydrogen (secondary N) is 1. The van der Waals surface area contributed by atoms with Gasteiger partial charge in [-0.1, -0.05) is 49.2 Å². The molecule has 1 heterocycles. The zero-order chi connectivity index (χ0) is 23.6. The van der Waals surface area contributed by atoms with Gasteiger partial charge in [0.1, 0.15) is 23.1 Å². The average Bonchev–Trinajstić information content (AvgIpc) is 3.26. The number of rotatable bonds is 10. The predicted molar refractivity (Wildman–Crippen MR) is 131 cm³/mol. The van der Waals surface area contributed by atoms with Crippen LogP contribution in [-0.4, -0.2) is 28.8 Å². The summed E-state index contributed by atoms with van der Waals surface area (Å²) in [5.41, 5.74) is 2.76. The largest absolute Gasteiger partial charge is 0.492 e. The molecule has 0 saturated heterocycles. The van der Waals surface area contributed by atoms with Gasteiger partial charge in [0.25, 0.3) is 5.91 Å². The lowest BCUT2D eigenvalue weighted by Gasteiger charge is -2.09. The van der Waals surface area contributed by atoms with E-state index in [4.69, 9.17) is 21.4 Å². The van der Waals surface area contributed by atoms with E-state index in [1.807, 2.05) is 48.5 Å². The highest BCUT2D eigenvalue weighted by atomic mass is 35.5. The highest BCUT2D eigenvalue weighted by molar-refractivity contribution is 6.32. The van der Waals surface area contributed by atoms with Crippen LogP contribution in [0.25, 0.3) is 23.0 Å². The van der Waals surface area contributed by atoms with Gasteiger partial charge < -0.3 is 10.1 Å². The van der Waals surface area contributed by atoms with E-state index < -0.39 is 5.91 Å². The van der Waals surface area contributed by atoms with Gasteiger partial charge in [0.2, 0.25) is 0 Å². The molecule has 2 aromatic carbocycles. The second kappa shape index (κ2) is 11.7. The van der Waals surface area contributed by atoms with Gasteiger partial charge in [-0.3, -0.25) is 4.79 Å². The molecule has 3 rings (SSSR count). The van der Waals surface area contributed by atoms with Crippen LogP contribution in [0.2, 0.25) is 5.02 Å². The fourth-order valence-corrected chi connectivity index (χ4v) is 3.32. The average molecular weight is 461 g/mol. The van der Waals surface area contributed by atoms with Crippen LogP contribution in [0.1, 0.15) is 25.3 Å². The van der Waals surface area contributed by atoms with Gasteiger partial charge in [0.05, 0.1) is 17.3 Å². The van der Waals surface area contributed by atoms with Gasteiger partial charge in [0, 0.05) is 23.9 Å². The molecule has 0 spiro atoms. The third-order valence-corrected chi connectivity index (χ3v) is 5.09. The molecular formula is C26H25ClN4O2. The highest BCUT2D eigenvalue weighted by Gasteiger charge is 2.16. The quantitative estimate of drug-likeness (QED) is 0.185. The van der Waals surface area contributed by atoms with Crippen LogP contribution in [0.15, 0.2) is 73.0 Å². The van der Waals surface area contributed by atoms with Gasteiger partial charge in [-0.2, -0.15) is 10.4 Å². The summed E-state index contributed by atoms with van der Waals surface area (Å²) in [5, 5.41) is 17.4. The Bertz CT molecular complexity index is 1190. The minimum absolute atomic E-state index is 0.0312. The summed E-state index contributed by atoms with van der Waals surface area (Å²) < 4.78 is 7.46. The Hall–Kier alpha value is -3.82. The summed E-state index contributed by atoms with van der Waals surface area (Å²) in [5.74, 6) is 0.128. The van der Waals surface area contributed by atoms with Crippen molar-refractivity contribution in [2.75, 3.05) is 13.2 Å². The molecule has 1 amide bonds. The highest BCUT2D eigenvalue weighted by Crippen LogP contribution is 2.32. The summed E-state index contributed by atoms with van der Waals surface area (Å²) in [6, 6.07) is 17.0. The van der Waals surface area contributed by atoms with Crippen LogP contribution >= 0.6 is 11.6 Å². The first kappa shape index (κ1) is 23.8. The van der Waals surface area contributed by atoms with Gasteiger partial charge in [-0.25, -0.2) is 4.68 Å². The first-order chi connectivity index (χ1) is 16.1. The first-order valence-corrected chi connectivity index (χ1v) is 11.0. The van der Waals surface area contributed by atoms with E-state index in [2.05, 4.69) is 18.8 Å². The maximum absolute atomic E-state index is 12.4. The van der Waals surface area contributed by atoms with Crippen molar-refractivity contribution in [1.82, 2.24) is 15.1 Å². The number of carbonyl (C=O) groups excluding carboxylic acids is 1. The number of nitriles is 1. The minimum Gasteiger partial charge on any atom is -0.492 e. The number of nitrogens with zero attached hydrogens (tertiary/aromatic N) is 3. The Labute approximate surface area is 198 Å². The van der Waals surface area contributed by atoms with E-state index in [0.29, 0.717) is 28.6 Å². The summed E-state index contributed by atoms with van der Waals surface area (Å²) in [7, 11) is 0.